The minimum Gasteiger partial charge on any atom is -0.340 e. The minimum absolute atomic E-state index is 0.0758. The first-order valence-corrected chi connectivity index (χ1v) is 9.36. The lowest BCUT2D eigenvalue weighted by Crippen LogP contribution is -2.27. The van der Waals surface area contributed by atoms with Gasteiger partial charge >= 0.3 is 0 Å². The maximum Gasteiger partial charge on any atom is 0.233 e. The van der Waals surface area contributed by atoms with Crippen molar-refractivity contribution in [2.24, 2.45) is 0 Å². The quantitative estimate of drug-likeness (QED) is 0.634. The van der Waals surface area contributed by atoms with Gasteiger partial charge in [0.25, 0.3) is 0 Å². The van der Waals surface area contributed by atoms with Crippen molar-refractivity contribution in [2.45, 2.75) is 18.6 Å². The third-order valence-corrected chi connectivity index (χ3v) is 5.34. The average Bonchev–Trinajstić information content (AvgIpc) is 3.25. The number of hydrogen-bond donors (Lipinski definition) is 0. The molecule has 0 saturated carbocycles. The number of nitrogens with zero attached hydrogens (tertiary/aromatic N) is 4. The van der Waals surface area contributed by atoms with E-state index in [9.17, 15) is 4.79 Å². The van der Waals surface area contributed by atoms with Gasteiger partial charge in [-0.2, -0.15) is 0 Å². The monoisotopic (exact) mass is 358 g/mol. The van der Waals surface area contributed by atoms with Crippen LogP contribution in [0.3, 0.4) is 0 Å². The summed E-state index contributed by atoms with van der Waals surface area (Å²) in [5, 5.41) is 10.8. The molecule has 24 heavy (non-hydrogen) atoms. The lowest BCUT2D eigenvalue weighted by atomic mass is 10.2. The van der Waals surface area contributed by atoms with Gasteiger partial charge in [-0.3, -0.25) is 9.36 Å². The summed E-state index contributed by atoms with van der Waals surface area (Å²) < 4.78 is 1.90. The third kappa shape index (κ3) is 4.04. The minimum atomic E-state index is 0.0758. The van der Waals surface area contributed by atoms with Crippen LogP contribution >= 0.6 is 23.1 Å². The highest BCUT2D eigenvalue weighted by Crippen LogP contribution is 2.20. The predicted octanol–water partition coefficient (Wildman–Crippen LogP) is 3.39. The number of aromatic nitrogens is 3. The van der Waals surface area contributed by atoms with Crippen molar-refractivity contribution in [1.82, 2.24) is 19.7 Å². The lowest BCUT2D eigenvalue weighted by Gasteiger charge is -2.15. The second kappa shape index (κ2) is 7.63. The molecule has 0 aliphatic rings. The highest BCUT2D eigenvalue weighted by Gasteiger charge is 2.13. The summed E-state index contributed by atoms with van der Waals surface area (Å²) in [6.07, 6.45) is 1.67. The molecule has 0 fully saturated rings. The molecule has 3 rings (SSSR count). The van der Waals surface area contributed by atoms with Crippen LogP contribution in [0.15, 0.2) is 53.3 Å². The number of benzene rings is 1. The summed E-state index contributed by atoms with van der Waals surface area (Å²) >= 11 is 3.06. The van der Waals surface area contributed by atoms with E-state index in [0.717, 1.165) is 10.8 Å². The summed E-state index contributed by atoms with van der Waals surface area (Å²) in [4.78, 5) is 15.2. The number of carbonyl (C=O) groups is 1. The Morgan fingerprint density at radius 3 is 2.79 bits per heavy atom. The number of aryl methyl sites for hydroxylation is 1. The first kappa shape index (κ1) is 16.7. The van der Waals surface area contributed by atoms with E-state index in [4.69, 9.17) is 0 Å². The Balaban J connectivity index is 1.62. The smallest absolute Gasteiger partial charge is 0.233 e. The summed E-state index contributed by atoms with van der Waals surface area (Å²) in [5.41, 5.74) is 2.19. The molecule has 5 nitrogen and oxygen atoms in total. The maximum atomic E-state index is 12.3. The fourth-order valence-electron chi connectivity index (χ4n) is 2.17. The van der Waals surface area contributed by atoms with Crippen LogP contribution in [-0.4, -0.2) is 38.4 Å². The molecule has 0 spiro atoms. The largest absolute Gasteiger partial charge is 0.340 e. The van der Waals surface area contributed by atoms with Crippen LogP contribution in [-0.2, 0) is 11.3 Å². The first-order valence-electron chi connectivity index (χ1n) is 7.49. The molecule has 3 aromatic rings. The zero-order valence-corrected chi connectivity index (χ0v) is 15.2. The van der Waals surface area contributed by atoms with E-state index in [1.54, 1.807) is 22.6 Å². The van der Waals surface area contributed by atoms with Crippen molar-refractivity contribution < 1.29 is 4.79 Å². The van der Waals surface area contributed by atoms with Crippen LogP contribution in [0.25, 0.3) is 5.69 Å². The van der Waals surface area contributed by atoms with Crippen LogP contribution in [0.1, 0.15) is 10.4 Å². The molecule has 0 unspecified atom stereocenters. The molecule has 0 aliphatic heterocycles. The first-order chi connectivity index (χ1) is 11.6. The van der Waals surface area contributed by atoms with Crippen LogP contribution < -0.4 is 0 Å². The van der Waals surface area contributed by atoms with E-state index in [1.807, 2.05) is 60.3 Å². The number of amides is 1. The van der Waals surface area contributed by atoms with Crippen molar-refractivity contribution in [3.8, 4) is 5.69 Å². The maximum absolute atomic E-state index is 12.3. The molecule has 0 atom stereocenters. The van der Waals surface area contributed by atoms with Crippen molar-refractivity contribution in [3.63, 3.8) is 0 Å². The summed E-state index contributed by atoms with van der Waals surface area (Å²) in [7, 11) is 1.83. The van der Waals surface area contributed by atoms with Gasteiger partial charge in [0, 0.05) is 17.6 Å². The van der Waals surface area contributed by atoms with E-state index in [0.29, 0.717) is 12.3 Å². The Bertz CT molecular complexity index is 796. The van der Waals surface area contributed by atoms with Crippen molar-refractivity contribution in [1.29, 1.82) is 0 Å². The summed E-state index contributed by atoms with van der Waals surface area (Å²) in [6.45, 7) is 2.69. The van der Waals surface area contributed by atoms with E-state index < -0.39 is 0 Å². The molecular formula is C17H18N4OS2. The molecule has 2 heterocycles. The van der Waals surface area contributed by atoms with Gasteiger partial charge in [-0.05, 0) is 30.5 Å². The Labute approximate surface area is 149 Å². The van der Waals surface area contributed by atoms with Crippen LogP contribution in [0.5, 0.6) is 0 Å². The molecule has 0 saturated heterocycles. The number of thioether (sulfide) groups is 1. The van der Waals surface area contributed by atoms with Gasteiger partial charge < -0.3 is 4.90 Å². The number of carbonyl (C=O) groups excluding carboxylic acids is 1. The Kier molecular flexibility index (Phi) is 5.32. The molecule has 0 aliphatic carbocycles. The zero-order valence-electron chi connectivity index (χ0n) is 13.5. The number of hydrogen-bond acceptors (Lipinski definition) is 5. The van der Waals surface area contributed by atoms with E-state index >= 15 is 0 Å². The van der Waals surface area contributed by atoms with Gasteiger partial charge in [-0.25, -0.2) is 0 Å². The van der Waals surface area contributed by atoms with Gasteiger partial charge in [-0.1, -0.05) is 35.5 Å². The van der Waals surface area contributed by atoms with E-state index in [-0.39, 0.29) is 5.91 Å². The topological polar surface area (TPSA) is 51.0 Å². The average molecular weight is 358 g/mol. The summed E-state index contributed by atoms with van der Waals surface area (Å²) in [5.74, 6) is 0.416. The molecule has 0 N–H and O–H groups in total. The van der Waals surface area contributed by atoms with Crippen LogP contribution in [0.2, 0.25) is 0 Å². The van der Waals surface area contributed by atoms with Gasteiger partial charge in [0.2, 0.25) is 5.91 Å². The van der Waals surface area contributed by atoms with E-state index in [1.165, 1.54) is 22.2 Å². The molecule has 0 radical (unpaired) electrons. The molecule has 0 bridgehead atoms. The van der Waals surface area contributed by atoms with Crippen molar-refractivity contribution >= 4 is 29.0 Å². The molecule has 2 aromatic heterocycles. The highest BCUT2D eigenvalue weighted by molar-refractivity contribution is 7.99. The molecule has 124 valence electrons. The zero-order chi connectivity index (χ0) is 16.9. The fourth-order valence-corrected chi connectivity index (χ4v) is 3.79. The Hall–Kier alpha value is -2.12. The predicted molar refractivity (Wildman–Crippen MR) is 97.6 cm³/mol. The van der Waals surface area contributed by atoms with E-state index in [2.05, 4.69) is 10.2 Å². The van der Waals surface area contributed by atoms with Gasteiger partial charge in [0.1, 0.15) is 6.33 Å². The van der Waals surface area contributed by atoms with Gasteiger partial charge in [-0.15, -0.1) is 21.5 Å². The van der Waals surface area contributed by atoms with Crippen molar-refractivity contribution in [3.05, 3.63) is 58.5 Å². The Morgan fingerprint density at radius 1 is 1.29 bits per heavy atom. The molecular weight excluding hydrogens is 340 g/mol. The van der Waals surface area contributed by atoms with Crippen LogP contribution in [0, 0.1) is 6.92 Å². The molecule has 1 aromatic carbocycles. The number of rotatable bonds is 6. The third-order valence-electron chi connectivity index (χ3n) is 3.55. The van der Waals surface area contributed by atoms with Gasteiger partial charge in [0.15, 0.2) is 5.16 Å². The van der Waals surface area contributed by atoms with Crippen molar-refractivity contribution in [2.75, 3.05) is 12.8 Å². The SMILES string of the molecule is Cc1ccc(-n2cnnc2SCC(=O)N(C)Cc2cccs2)cc1. The molecule has 7 heteroatoms. The second-order valence-corrected chi connectivity index (χ2v) is 7.41. The van der Waals surface area contributed by atoms with Gasteiger partial charge in [0.05, 0.1) is 12.3 Å². The fraction of sp³-hybridized carbons (Fsp3) is 0.235. The normalized spacial score (nSPS) is 10.8. The standard InChI is InChI=1S/C17H18N4OS2/c1-13-5-7-14(8-6-13)21-12-18-19-17(21)24-11-16(22)20(2)10-15-4-3-9-23-15/h3-9,12H,10-11H2,1-2H3. The number of thiophene rings is 1. The Morgan fingerprint density at radius 2 is 2.08 bits per heavy atom. The second-order valence-electron chi connectivity index (χ2n) is 5.44. The molecule has 1 amide bonds. The summed E-state index contributed by atoms with van der Waals surface area (Å²) in [6, 6.07) is 12.2. The van der Waals surface area contributed by atoms with Crippen LogP contribution in [0.4, 0.5) is 0 Å². The highest BCUT2D eigenvalue weighted by atomic mass is 32.2. The lowest BCUT2D eigenvalue weighted by molar-refractivity contribution is -0.127.